The van der Waals surface area contributed by atoms with Crippen LogP contribution in [0.15, 0.2) is 36.2 Å². The Hall–Kier alpha value is -2.22. The number of ketones is 1. The summed E-state index contributed by atoms with van der Waals surface area (Å²) in [6.45, 7) is 4.46. The van der Waals surface area contributed by atoms with Crippen molar-refractivity contribution >= 4 is 28.0 Å². The summed E-state index contributed by atoms with van der Waals surface area (Å²) in [5.74, 6) is 0.216. The van der Waals surface area contributed by atoms with Crippen molar-refractivity contribution in [3.05, 3.63) is 41.9 Å². The molecule has 0 N–H and O–H groups in total. The number of likely N-dealkylation sites (N-methyl/N-ethyl adjacent to an activating group) is 1. The number of fused-ring (bicyclic) bond motifs is 1. The first kappa shape index (κ1) is 17.2. The van der Waals surface area contributed by atoms with E-state index in [1.807, 2.05) is 24.0 Å². The van der Waals surface area contributed by atoms with Gasteiger partial charge in [0.05, 0.1) is 35.1 Å². The van der Waals surface area contributed by atoms with Crippen molar-refractivity contribution in [2.45, 2.75) is 6.42 Å². The van der Waals surface area contributed by atoms with Crippen LogP contribution in [0.5, 0.6) is 0 Å². The van der Waals surface area contributed by atoms with Gasteiger partial charge in [-0.15, -0.1) is 11.3 Å². The molecule has 0 radical (unpaired) electrons. The molecule has 1 saturated heterocycles. The SMILES string of the molecule is CN1CCN(CC(=O)Cc2cc3cc(-c4cncs4)cnc3cn2)CC1. The summed E-state index contributed by atoms with van der Waals surface area (Å²) in [6.07, 6.45) is 5.81. The van der Waals surface area contributed by atoms with Crippen LogP contribution in [0.2, 0.25) is 0 Å². The van der Waals surface area contributed by atoms with Crippen LogP contribution in [0.25, 0.3) is 21.3 Å². The molecule has 0 aromatic carbocycles. The number of hydrogen-bond donors (Lipinski definition) is 0. The molecule has 1 aliphatic rings. The van der Waals surface area contributed by atoms with Gasteiger partial charge in [-0.1, -0.05) is 0 Å². The molecule has 0 amide bonds. The van der Waals surface area contributed by atoms with Gasteiger partial charge in [0.2, 0.25) is 0 Å². The summed E-state index contributed by atoms with van der Waals surface area (Å²) < 4.78 is 0. The Kier molecular flexibility index (Phi) is 5.01. The first-order valence-electron chi connectivity index (χ1n) is 8.73. The van der Waals surface area contributed by atoms with Crippen molar-refractivity contribution < 1.29 is 4.79 Å². The number of carbonyl (C=O) groups is 1. The molecular formula is C19H21N5OS. The van der Waals surface area contributed by atoms with Gasteiger partial charge in [-0.3, -0.25) is 24.6 Å². The van der Waals surface area contributed by atoms with Crippen molar-refractivity contribution in [3.8, 4) is 10.4 Å². The van der Waals surface area contributed by atoms with Crippen LogP contribution in [0.3, 0.4) is 0 Å². The third-order valence-electron chi connectivity index (χ3n) is 4.72. The minimum atomic E-state index is 0.216. The molecule has 0 spiro atoms. The Balaban J connectivity index is 1.47. The van der Waals surface area contributed by atoms with Gasteiger partial charge in [0.25, 0.3) is 0 Å². The highest BCUT2D eigenvalue weighted by Crippen LogP contribution is 2.25. The third-order valence-corrected chi connectivity index (χ3v) is 5.54. The average Bonchev–Trinajstić information content (AvgIpc) is 3.18. The lowest BCUT2D eigenvalue weighted by Crippen LogP contribution is -2.46. The summed E-state index contributed by atoms with van der Waals surface area (Å²) in [5.41, 5.74) is 4.50. The quantitative estimate of drug-likeness (QED) is 0.688. The molecule has 26 heavy (non-hydrogen) atoms. The molecule has 6 nitrogen and oxygen atoms in total. The predicted octanol–water partition coefficient (Wildman–Crippen LogP) is 2.11. The van der Waals surface area contributed by atoms with Crippen LogP contribution in [-0.4, -0.2) is 70.3 Å². The molecule has 4 heterocycles. The van der Waals surface area contributed by atoms with Crippen molar-refractivity contribution in [2.75, 3.05) is 39.8 Å². The van der Waals surface area contributed by atoms with Gasteiger partial charge in [0.15, 0.2) is 5.78 Å². The highest BCUT2D eigenvalue weighted by atomic mass is 32.1. The number of pyridine rings is 2. The lowest BCUT2D eigenvalue weighted by molar-refractivity contribution is -0.120. The summed E-state index contributed by atoms with van der Waals surface area (Å²) in [7, 11) is 2.12. The molecule has 0 atom stereocenters. The fourth-order valence-corrected chi connectivity index (χ4v) is 3.78. The summed E-state index contributed by atoms with van der Waals surface area (Å²) in [5, 5.41) is 1.01. The summed E-state index contributed by atoms with van der Waals surface area (Å²) in [6, 6.07) is 4.07. The lowest BCUT2D eigenvalue weighted by Gasteiger charge is -2.31. The first-order chi connectivity index (χ1) is 12.7. The molecule has 7 heteroatoms. The maximum Gasteiger partial charge on any atom is 0.152 e. The monoisotopic (exact) mass is 367 g/mol. The molecule has 1 fully saturated rings. The van der Waals surface area contributed by atoms with E-state index in [2.05, 4.69) is 37.9 Å². The van der Waals surface area contributed by atoms with Gasteiger partial charge < -0.3 is 4.90 Å². The molecule has 0 saturated carbocycles. The van der Waals surface area contributed by atoms with Gasteiger partial charge in [-0.2, -0.15) is 0 Å². The van der Waals surface area contributed by atoms with Crippen LogP contribution in [0, 0.1) is 0 Å². The Bertz CT molecular complexity index is 903. The molecular weight excluding hydrogens is 346 g/mol. The maximum atomic E-state index is 12.4. The second-order valence-electron chi connectivity index (χ2n) is 6.75. The summed E-state index contributed by atoms with van der Waals surface area (Å²) >= 11 is 1.59. The Labute approximate surface area is 156 Å². The number of Topliss-reactive ketones (excluding diaryl/α,β-unsaturated/α-hetero) is 1. The van der Waals surface area contributed by atoms with Gasteiger partial charge in [-0.05, 0) is 19.2 Å². The number of rotatable bonds is 5. The Morgan fingerprint density at radius 3 is 2.73 bits per heavy atom. The molecule has 3 aromatic rings. The number of thiazole rings is 1. The molecule has 134 valence electrons. The van der Waals surface area contributed by atoms with Crippen LogP contribution in [-0.2, 0) is 11.2 Å². The largest absolute Gasteiger partial charge is 0.304 e. The zero-order valence-electron chi connectivity index (χ0n) is 14.8. The second-order valence-corrected chi connectivity index (χ2v) is 7.64. The van der Waals surface area contributed by atoms with Crippen LogP contribution in [0.4, 0.5) is 0 Å². The summed E-state index contributed by atoms with van der Waals surface area (Å²) in [4.78, 5) is 31.1. The van der Waals surface area contributed by atoms with E-state index in [1.165, 1.54) is 0 Å². The number of hydrogen-bond acceptors (Lipinski definition) is 7. The van der Waals surface area contributed by atoms with Gasteiger partial charge in [0, 0.05) is 55.2 Å². The van der Waals surface area contributed by atoms with Crippen LogP contribution < -0.4 is 0 Å². The lowest BCUT2D eigenvalue weighted by atomic mass is 10.1. The van der Waals surface area contributed by atoms with E-state index in [0.29, 0.717) is 13.0 Å². The molecule has 0 bridgehead atoms. The second kappa shape index (κ2) is 7.57. The van der Waals surface area contributed by atoms with E-state index in [1.54, 1.807) is 17.5 Å². The highest BCUT2D eigenvalue weighted by Gasteiger charge is 2.17. The normalized spacial score (nSPS) is 16.2. The molecule has 4 rings (SSSR count). The van der Waals surface area contributed by atoms with E-state index < -0.39 is 0 Å². The van der Waals surface area contributed by atoms with E-state index >= 15 is 0 Å². The minimum Gasteiger partial charge on any atom is -0.304 e. The zero-order chi connectivity index (χ0) is 17.9. The van der Waals surface area contributed by atoms with E-state index in [4.69, 9.17) is 0 Å². The predicted molar refractivity (Wildman–Crippen MR) is 103 cm³/mol. The Morgan fingerprint density at radius 2 is 1.96 bits per heavy atom. The topological polar surface area (TPSA) is 62.2 Å². The van der Waals surface area contributed by atoms with Crippen LogP contribution in [0.1, 0.15) is 5.69 Å². The van der Waals surface area contributed by atoms with Crippen LogP contribution >= 0.6 is 11.3 Å². The maximum absolute atomic E-state index is 12.4. The molecule has 0 aliphatic carbocycles. The van der Waals surface area contributed by atoms with E-state index in [9.17, 15) is 4.79 Å². The van der Waals surface area contributed by atoms with Gasteiger partial charge >= 0.3 is 0 Å². The van der Waals surface area contributed by atoms with Crippen molar-refractivity contribution in [1.82, 2.24) is 24.8 Å². The fraction of sp³-hybridized carbons (Fsp3) is 0.368. The number of piperazine rings is 1. The molecule has 1 aliphatic heterocycles. The third kappa shape index (κ3) is 3.95. The van der Waals surface area contributed by atoms with Crippen molar-refractivity contribution in [2.24, 2.45) is 0 Å². The standard InChI is InChI=1S/C19H21N5OS/c1-23-2-4-24(5-3-23)12-17(25)8-16-7-14-6-15(19-11-20-13-26-19)9-22-18(14)10-21-16/h6-7,9-11,13H,2-5,8,12H2,1H3. The Morgan fingerprint density at radius 1 is 1.12 bits per heavy atom. The number of nitrogens with zero attached hydrogens (tertiary/aromatic N) is 5. The van der Waals surface area contributed by atoms with Gasteiger partial charge in [-0.25, -0.2) is 0 Å². The first-order valence-corrected chi connectivity index (χ1v) is 9.61. The van der Waals surface area contributed by atoms with Gasteiger partial charge in [0.1, 0.15) is 0 Å². The number of carbonyl (C=O) groups excluding carboxylic acids is 1. The number of aromatic nitrogens is 3. The zero-order valence-corrected chi connectivity index (χ0v) is 15.6. The highest BCUT2D eigenvalue weighted by molar-refractivity contribution is 7.13. The van der Waals surface area contributed by atoms with E-state index in [-0.39, 0.29) is 5.78 Å². The van der Waals surface area contributed by atoms with Crippen molar-refractivity contribution in [3.63, 3.8) is 0 Å². The smallest absolute Gasteiger partial charge is 0.152 e. The molecule has 0 unspecified atom stereocenters. The minimum absolute atomic E-state index is 0.216. The van der Waals surface area contributed by atoms with E-state index in [0.717, 1.165) is 53.2 Å². The van der Waals surface area contributed by atoms with Crippen molar-refractivity contribution in [1.29, 1.82) is 0 Å². The molecule has 3 aromatic heterocycles. The average molecular weight is 367 g/mol. The fourth-order valence-electron chi connectivity index (χ4n) is 3.18.